The van der Waals surface area contributed by atoms with Gasteiger partial charge in [0.05, 0.1) is 18.8 Å². The standard InChI is InChI=1S/C14H25N3O2/c1-11(2)7-15-8-12-6-14(19-16-12)9-17(3)13-4-5-18-10-13/h6,11,13,15H,4-5,7-10H2,1-3H3. The summed E-state index contributed by atoms with van der Waals surface area (Å²) in [5.41, 5.74) is 0.978. The second kappa shape index (κ2) is 7.03. The van der Waals surface area contributed by atoms with Crippen LogP contribution in [0.2, 0.25) is 0 Å². The first-order chi connectivity index (χ1) is 9.15. The molecule has 0 aromatic carbocycles. The van der Waals surface area contributed by atoms with Gasteiger partial charge in [0.1, 0.15) is 0 Å². The van der Waals surface area contributed by atoms with Crippen LogP contribution in [0.4, 0.5) is 0 Å². The van der Waals surface area contributed by atoms with Crippen molar-refractivity contribution in [2.24, 2.45) is 5.92 Å². The van der Waals surface area contributed by atoms with Crippen molar-refractivity contribution >= 4 is 0 Å². The fraction of sp³-hybridized carbons (Fsp3) is 0.786. The zero-order valence-electron chi connectivity index (χ0n) is 12.2. The molecule has 2 rings (SSSR count). The van der Waals surface area contributed by atoms with Gasteiger partial charge in [-0.25, -0.2) is 0 Å². The number of nitrogens with one attached hydrogen (secondary N) is 1. The van der Waals surface area contributed by atoms with Gasteiger partial charge in [-0.05, 0) is 25.9 Å². The van der Waals surface area contributed by atoms with Crippen molar-refractivity contribution in [2.45, 2.75) is 39.4 Å². The average Bonchev–Trinajstić information content (AvgIpc) is 2.99. The summed E-state index contributed by atoms with van der Waals surface area (Å²) in [5, 5.41) is 7.46. The lowest BCUT2D eigenvalue weighted by Gasteiger charge is -2.20. The van der Waals surface area contributed by atoms with Crippen LogP contribution in [0.25, 0.3) is 0 Å². The van der Waals surface area contributed by atoms with Crippen molar-refractivity contribution in [2.75, 3.05) is 26.8 Å². The molecule has 1 aromatic heterocycles. The highest BCUT2D eigenvalue weighted by Gasteiger charge is 2.21. The molecule has 1 aliphatic rings. The first kappa shape index (κ1) is 14.5. The molecule has 0 saturated carbocycles. The molecule has 5 heteroatoms. The Kier molecular flexibility index (Phi) is 5.36. The second-order valence-corrected chi connectivity index (χ2v) is 5.74. The molecule has 1 unspecified atom stereocenters. The number of nitrogens with zero attached hydrogens (tertiary/aromatic N) is 2. The maximum absolute atomic E-state index is 5.40. The van der Waals surface area contributed by atoms with Gasteiger partial charge >= 0.3 is 0 Å². The predicted molar refractivity (Wildman–Crippen MR) is 73.7 cm³/mol. The molecule has 1 saturated heterocycles. The highest BCUT2D eigenvalue weighted by molar-refractivity contribution is 5.05. The quantitative estimate of drug-likeness (QED) is 0.814. The van der Waals surface area contributed by atoms with Gasteiger partial charge in [-0.3, -0.25) is 4.90 Å². The van der Waals surface area contributed by atoms with Gasteiger partial charge in [0.25, 0.3) is 0 Å². The van der Waals surface area contributed by atoms with Gasteiger partial charge in [0.15, 0.2) is 5.76 Å². The lowest BCUT2D eigenvalue weighted by atomic mass is 10.2. The summed E-state index contributed by atoms with van der Waals surface area (Å²) in [4.78, 5) is 2.28. The number of rotatable bonds is 7. The molecule has 1 aromatic rings. The smallest absolute Gasteiger partial charge is 0.151 e. The van der Waals surface area contributed by atoms with Crippen molar-refractivity contribution in [1.29, 1.82) is 0 Å². The molecule has 0 radical (unpaired) electrons. The van der Waals surface area contributed by atoms with Gasteiger partial charge in [-0.2, -0.15) is 0 Å². The Labute approximate surface area is 115 Å². The van der Waals surface area contributed by atoms with Crippen LogP contribution in [-0.2, 0) is 17.8 Å². The fourth-order valence-corrected chi connectivity index (χ4v) is 2.25. The minimum absolute atomic E-state index is 0.507. The van der Waals surface area contributed by atoms with Crippen LogP contribution in [0, 0.1) is 5.92 Å². The van der Waals surface area contributed by atoms with Crippen LogP contribution in [-0.4, -0.2) is 42.9 Å². The average molecular weight is 267 g/mol. The van der Waals surface area contributed by atoms with Crippen LogP contribution >= 0.6 is 0 Å². The van der Waals surface area contributed by atoms with Crippen molar-refractivity contribution in [3.05, 3.63) is 17.5 Å². The lowest BCUT2D eigenvalue weighted by molar-refractivity contribution is 0.150. The predicted octanol–water partition coefficient (Wildman–Crippen LogP) is 1.64. The third-order valence-corrected chi connectivity index (χ3v) is 3.40. The molecule has 19 heavy (non-hydrogen) atoms. The SMILES string of the molecule is CC(C)CNCc1cc(CN(C)C2CCOC2)on1. The largest absolute Gasteiger partial charge is 0.380 e. The maximum Gasteiger partial charge on any atom is 0.151 e. The van der Waals surface area contributed by atoms with E-state index in [1.807, 2.05) is 6.07 Å². The van der Waals surface area contributed by atoms with E-state index in [4.69, 9.17) is 9.26 Å². The first-order valence-corrected chi connectivity index (χ1v) is 7.08. The minimum atomic E-state index is 0.507. The summed E-state index contributed by atoms with van der Waals surface area (Å²) >= 11 is 0. The first-order valence-electron chi connectivity index (χ1n) is 7.08. The normalized spacial score (nSPS) is 19.7. The van der Waals surface area contributed by atoms with E-state index in [9.17, 15) is 0 Å². The van der Waals surface area contributed by atoms with E-state index in [1.165, 1.54) is 0 Å². The lowest BCUT2D eigenvalue weighted by Crippen LogP contribution is -2.31. The molecule has 0 amide bonds. The van der Waals surface area contributed by atoms with Crippen LogP contribution in [0.15, 0.2) is 10.6 Å². The third kappa shape index (κ3) is 4.60. The zero-order valence-corrected chi connectivity index (χ0v) is 12.2. The highest BCUT2D eigenvalue weighted by Crippen LogP contribution is 2.14. The fourth-order valence-electron chi connectivity index (χ4n) is 2.25. The number of hydrogen-bond donors (Lipinski definition) is 1. The van der Waals surface area contributed by atoms with Gasteiger partial charge < -0.3 is 14.6 Å². The molecular formula is C14H25N3O2. The van der Waals surface area contributed by atoms with Crippen LogP contribution in [0.1, 0.15) is 31.7 Å². The van der Waals surface area contributed by atoms with E-state index in [-0.39, 0.29) is 0 Å². The van der Waals surface area contributed by atoms with Crippen LogP contribution in [0.5, 0.6) is 0 Å². The Morgan fingerprint density at radius 3 is 3.05 bits per heavy atom. The topological polar surface area (TPSA) is 50.5 Å². The number of aromatic nitrogens is 1. The van der Waals surface area contributed by atoms with E-state index in [2.05, 4.69) is 36.3 Å². The zero-order chi connectivity index (χ0) is 13.7. The van der Waals surface area contributed by atoms with Crippen LogP contribution < -0.4 is 5.32 Å². The van der Waals surface area contributed by atoms with E-state index in [0.717, 1.165) is 50.7 Å². The molecular weight excluding hydrogens is 242 g/mol. The summed E-state index contributed by atoms with van der Waals surface area (Å²) in [6.07, 6.45) is 1.10. The second-order valence-electron chi connectivity index (χ2n) is 5.74. The molecule has 0 aliphatic carbocycles. The van der Waals surface area contributed by atoms with Gasteiger partial charge in [0.2, 0.25) is 0 Å². The van der Waals surface area contributed by atoms with Gasteiger partial charge in [-0.1, -0.05) is 19.0 Å². The van der Waals surface area contributed by atoms with E-state index < -0.39 is 0 Å². The Hall–Kier alpha value is -0.910. The van der Waals surface area contributed by atoms with Gasteiger partial charge in [0, 0.05) is 25.3 Å². The van der Waals surface area contributed by atoms with Crippen molar-refractivity contribution in [3.8, 4) is 0 Å². The Morgan fingerprint density at radius 1 is 1.53 bits per heavy atom. The van der Waals surface area contributed by atoms with Crippen molar-refractivity contribution < 1.29 is 9.26 Å². The third-order valence-electron chi connectivity index (χ3n) is 3.40. The molecule has 1 atom stereocenters. The summed E-state index contributed by atoms with van der Waals surface area (Å²) in [7, 11) is 2.11. The van der Waals surface area contributed by atoms with Gasteiger partial charge in [-0.15, -0.1) is 0 Å². The molecule has 1 aliphatic heterocycles. The molecule has 0 bridgehead atoms. The Bertz CT molecular complexity index is 373. The van der Waals surface area contributed by atoms with Crippen LogP contribution in [0.3, 0.4) is 0 Å². The van der Waals surface area contributed by atoms with E-state index >= 15 is 0 Å². The number of likely N-dealkylation sites (N-methyl/N-ethyl adjacent to an activating group) is 1. The number of hydrogen-bond acceptors (Lipinski definition) is 5. The Morgan fingerprint density at radius 2 is 2.37 bits per heavy atom. The molecule has 0 spiro atoms. The summed E-state index contributed by atoms with van der Waals surface area (Å²) < 4.78 is 10.8. The molecule has 108 valence electrons. The Balaban J connectivity index is 1.76. The van der Waals surface area contributed by atoms with E-state index in [1.54, 1.807) is 0 Å². The molecule has 2 heterocycles. The molecule has 1 N–H and O–H groups in total. The summed E-state index contributed by atoms with van der Waals surface area (Å²) in [6.45, 7) is 8.66. The summed E-state index contributed by atoms with van der Waals surface area (Å²) in [5.74, 6) is 1.58. The van der Waals surface area contributed by atoms with E-state index in [0.29, 0.717) is 12.0 Å². The van der Waals surface area contributed by atoms with Crippen molar-refractivity contribution in [3.63, 3.8) is 0 Å². The monoisotopic (exact) mass is 267 g/mol. The maximum atomic E-state index is 5.40. The molecule has 1 fully saturated rings. The highest BCUT2D eigenvalue weighted by atomic mass is 16.5. The number of ether oxygens (including phenoxy) is 1. The molecule has 5 nitrogen and oxygen atoms in total. The summed E-state index contributed by atoms with van der Waals surface area (Å²) in [6, 6.07) is 2.55. The minimum Gasteiger partial charge on any atom is -0.380 e. The van der Waals surface area contributed by atoms with Crippen molar-refractivity contribution in [1.82, 2.24) is 15.4 Å².